The number of nitrogen functional groups attached to an aromatic ring is 1. The summed E-state index contributed by atoms with van der Waals surface area (Å²) < 4.78 is 10.5. The molecule has 0 heterocycles. The number of hydrogen-bond donors (Lipinski definition) is 2. The van der Waals surface area contributed by atoms with E-state index in [1.165, 1.54) is 0 Å². The van der Waals surface area contributed by atoms with Gasteiger partial charge in [0.1, 0.15) is 5.75 Å². The zero-order valence-electron chi connectivity index (χ0n) is 11.9. The second-order valence-corrected chi connectivity index (χ2v) is 4.70. The van der Waals surface area contributed by atoms with E-state index in [9.17, 15) is 4.79 Å². The van der Waals surface area contributed by atoms with Gasteiger partial charge >= 0.3 is 0 Å². The second-order valence-electron chi connectivity index (χ2n) is 4.70. The molecule has 0 bridgehead atoms. The fraction of sp³-hybridized carbons (Fsp3) is 0.500. The Labute approximate surface area is 114 Å². The predicted octanol–water partition coefficient (Wildman–Crippen LogP) is 1.42. The quantitative estimate of drug-likeness (QED) is 0.764. The standard InChI is InChI=1S/C14H22N2O3/c1-9-5-12(15)6-10(2)14(9)19-8-13(17)16-11(3)7-18-4/h5-6,11H,7-8,15H2,1-4H3,(H,16,17). The third-order valence-electron chi connectivity index (χ3n) is 2.65. The van der Waals surface area contributed by atoms with Gasteiger partial charge in [0, 0.05) is 18.8 Å². The summed E-state index contributed by atoms with van der Waals surface area (Å²) in [5, 5.41) is 2.79. The number of benzene rings is 1. The van der Waals surface area contributed by atoms with E-state index in [0.29, 0.717) is 18.0 Å². The van der Waals surface area contributed by atoms with Crippen LogP contribution in [0.25, 0.3) is 0 Å². The van der Waals surface area contributed by atoms with Crippen molar-refractivity contribution in [2.45, 2.75) is 26.8 Å². The summed E-state index contributed by atoms with van der Waals surface area (Å²) >= 11 is 0. The molecule has 0 aliphatic rings. The Morgan fingerprint density at radius 2 is 1.95 bits per heavy atom. The molecule has 0 saturated heterocycles. The number of anilines is 1. The minimum absolute atomic E-state index is 0.0142. The lowest BCUT2D eigenvalue weighted by Crippen LogP contribution is -2.38. The molecule has 0 saturated carbocycles. The molecule has 0 fully saturated rings. The number of nitrogens with two attached hydrogens (primary N) is 1. The van der Waals surface area contributed by atoms with E-state index >= 15 is 0 Å². The van der Waals surface area contributed by atoms with Crippen LogP contribution in [-0.2, 0) is 9.53 Å². The summed E-state index contributed by atoms with van der Waals surface area (Å²) in [4.78, 5) is 11.7. The van der Waals surface area contributed by atoms with Crippen molar-refractivity contribution in [2.75, 3.05) is 26.1 Å². The molecule has 0 radical (unpaired) electrons. The van der Waals surface area contributed by atoms with Gasteiger partial charge in [0.15, 0.2) is 6.61 Å². The molecule has 5 nitrogen and oxygen atoms in total. The highest BCUT2D eigenvalue weighted by Crippen LogP contribution is 2.25. The molecule has 19 heavy (non-hydrogen) atoms. The zero-order chi connectivity index (χ0) is 14.4. The number of methoxy groups -OCH3 is 1. The first-order valence-corrected chi connectivity index (χ1v) is 6.22. The van der Waals surface area contributed by atoms with Crippen LogP contribution in [0.4, 0.5) is 5.69 Å². The molecule has 0 spiro atoms. The Balaban J connectivity index is 2.55. The van der Waals surface area contributed by atoms with Crippen molar-refractivity contribution in [3.63, 3.8) is 0 Å². The Morgan fingerprint density at radius 3 is 2.47 bits per heavy atom. The molecule has 1 aromatic carbocycles. The summed E-state index contributed by atoms with van der Waals surface area (Å²) in [7, 11) is 1.60. The first-order valence-electron chi connectivity index (χ1n) is 6.22. The van der Waals surface area contributed by atoms with Crippen LogP contribution in [0.3, 0.4) is 0 Å². The molecule has 0 aromatic heterocycles. The monoisotopic (exact) mass is 266 g/mol. The molecular formula is C14H22N2O3. The van der Waals surface area contributed by atoms with E-state index in [0.717, 1.165) is 11.1 Å². The SMILES string of the molecule is COCC(C)NC(=O)COc1c(C)cc(N)cc1C. The highest BCUT2D eigenvalue weighted by atomic mass is 16.5. The van der Waals surface area contributed by atoms with Crippen molar-refractivity contribution in [3.8, 4) is 5.75 Å². The van der Waals surface area contributed by atoms with Crippen LogP contribution in [-0.4, -0.2) is 32.3 Å². The van der Waals surface area contributed by atoms with Gasteiger partial charge in [-0.3, -0.25) is 4.79 Å². The zero-order valence-corrected chi connectivity index (χ0v) is 11.9. The molecule has 1 rings (SSSR count). The lowest BCUT2D eigenvalue weighted by molar-refractivity contribution is -0.124. The molecule has 1 aromatic rings. The van der Waals surface area contributed by atoms with Crippen LogP contribution in [0.1, 0.15) is 18.1 Å². The second kappa shape index (κ2) is 6.99. The van der Waals surface area contributed by atoms with Crippen LogP contribution in [0.15, 0.2) is 12.1 Å². The molecule has 1 unspecified atom stereocenters. The van der Waals surface area contributed by atoms with Crippen LogP contribution in [0.2, 0.25) is 0 Å². The molecule has 1 atom stereocenters. The fourth-order valence-electron chi connectivity index (χ4n) is 1.96. The highest BCUT2D eigenvalue weighted by Gasteiger charge is 2.10. The van der Waals surface area contributed by atoms with Gasteiger partial charge in [-0.1, -0.05) is 0 Å². The maximum absolute atomic E-state index is 11.7. The third-order valence-corrected chi connectivity index (χ3v) is 2.65. The fourth-order valence-corrected chi connectivity index (χ4v) is 1.96. The molecule has 106 valence electrons. The lowest BCUT2D eigenvalue weighted by atomic mass is 10.1. The van der Waals surface area contributed by atoms with Crippen LogP contribution >= 0.6 is 0 Å². The van der Waals surface area contributed by atoms with Crippen LogP contribution < -0.4 is 15.8 Å². The number of hydrogen-bond acceptors (Lipinski definition) is 4. The van der Waals surface area contributed by atoms with E-state index in [4.69, 9.17) is 15.2 Å². The number of amides is 1. The molecule has 5 heteroatoms. The molecule has 3 N–H and O–H groups in total. The molecule has 0 aliphatic heterocycles. The van der Waals surface area contributed by atoms with Crippen LogP contribution in [0.5, 0.6) is 5.75 Å². The van der Waals surface area contributed by atoms with E-state index < -0.39 is 0 Å². The Kier molecular flexibility index (Phi) is 5.63. The molecular weight excluding hydrogens is 244 g/mol. The lowest BCUT2D eigenvalue weighted by Gasteiger charge is -2.15. The van der Waals surface area contributed by atoms with Crippen molar-refractivity contribution in [1.82, 2.24) is 5.32 Å². The number of aryl methyl sites for hydroxylation is 2. The summed E-state index contributed by atoms with van der Waals surface area (Å²) in [5.74, 6) is 0.545. The average molecular weight is 266 g/mol. The van der Waals surface area contributed by atoms with Crippen molar-refractivity contribution in [3.05, 3.63) is 23.3 Å². The number of carbonyl (C=O) groups is 1. The van der Waals surface area contributed by atoms with Gasteiger partial charge in [-0.15, -0.1) is 0 Å². The smallest absolute Gasteiger partial charge is 0.258 e. The third kappa shape index (κ3) is 4.79. The summed E-state index contributed by atoms with van der Waals surface area (Å²) in [6, 6.07) is 3.62. The average Bonchev–Trinajstić information content (AvgIpc) is 2.27. The van der Waals surface area contributed by atoms with Gasteiger partial charge in [0.05, 0.1) is 6.61 Å². The van der Waals surface area contributed by atoms with E-state index in [-0.39, 0.29) is 18.6 Å². The maximum atomic E-state index is 11.7. The predicted molar refractivity (Wildman–Crippen MR) is 75.3 cm³/mol. The number of nitrogens with one attached hydrogen (secondary N) is 1. The number of carbonyl (C=O) groups excluding carboxylic acids is 1. The van der Waals surface area contributed by atoms with Gasteiger partial charge < -0.3 is 20.5 Å². The number of rotatable bonds is 6. The van der Waals surface area contributed by atoms with Gasteiger partial charge in [-0.05, 0) is 44.0 Å². The van der Waals surface area contributed by atoms with Gasteiger partial charge in [0.2, 0.25) is 0 Å². The first-order chi connectivity index (χ1) is 8.93. The Hall–Kier alpha value is -1.75. The van der Waals surface area contributed by atoms with Gasteiger partial charge in [-0.2, -0.15) is 0 Å². The Bertz CT molecular complexity index is 423. The van der Waals surface area contributed by atoms with Crippen molar-refractivity contribution < 1.29 is 14.3 Å². The van der Waals surface area contributed by atoms with E-state index in [1.807, 2.05) is 32.9 Å². The van der Waals surface area contributed by atoms with E-state index in [2.05, 4.69) is 5.32 Å². The normalized spacial score (nSPS) is 12.0. The van der Waals surface area contributed by atoms with Crippen molar-refractivity contribution in [1.29, 1.82) is 0 Å². The molecule has 0 aliphatic carbocycles. The van der Waals surface area contributed by atoms with E-state index in [1.54, 1.807) is 7.11 Å². The maximum Gasteiger partial charge on any atom is 0.258 e. The van der Waals surface area contributed by atoms with Gasteiger partial charge in [-0.25, -0.2) is 0 Å². The first kappa shape index (κ1) is 15.3. The minimum Gasteiger partial charge on any atom is -0.483 e. The minimum atomic E-state index is -0.167. The summed E-state index contributed by atoms with van der Waals surface area (Å²) in [6.45, 7) is 6.15. The van der Waals surface area contributed by atoms with Gasteiger partial charge in [0.25, 0.3) is 5.91 Å². The summed E-state index contributed by atoms with van der Waals surface area (Å²) in [5.41, 5.74) is 8.28. The van der Waals surface area contributed by atoms with Crippen molar-refractivity contribution >= 4 is 11.6 Å². The van der Waals surface area contributed by atoms with Crippen LogP contribution in [0, 0.1) is 13.8 Å². The Morgan fingerprint density at radius 1 is 1.37 bits per heavy atom. The van der Waals surface area contributed by atoms with Crippen molar-refractivity contribution in [2.24, 2.45) is 0 Å². The summed E-state index contributed by atoms with van der Waals surface area (Å²) in [6.07, 6.45) is 0. The molecule has 1 amide bonds. The highest BCUT2D eigenvalue weighted by molar-refractivity contribution is 5.78. The largest absolute Gasteiger partial charge is 0.483 e. The number of ether oxygens (including phenoxy) is 2. The topological polar surface area (TPSA) is 73.6 Å².